The van der Waals surface area contributed by atoms with Crippen molar-refractivity contribution in [3.8, 4) is 11.5 Å². The molecule has 13 heteroatoms. The third-order valence-corrected chi connectivity index (χ3v) is 7.90. The van der Waals surface area contributed by atoms with Gasteiger partial charge in [-0.3, -0.25) is 24.2 Å². The first-order chi connectivity index (χ1) is 20.4. The van der Waals surface area contributed by atoms with Gasteiger partial charge in [0.05, 0.1) is 23.7 Å². The summed E-state index contributed by atoms with van der Waals surface area (Å²) in [4.78, 5) is 45.0. The Morgan fingerprint density at radius 1 is 1.26 bits per heavy atom. The number of aromatic nitrogens is 1. The molecule has 232 valence electrons. The van der Waals surface area contributed by atoms with Crippen molar-refractivity contribution in [3.63, 3.8) is 0 Å². The molecule has 0 spiro atoms. The Morgan fingerprint density at radius 3 is 2.79 bits per heavy atom. The number of carbonyl (C=O) groups excluding carboxylic acids is 3. The zero-order valence-electron chi connectivity index (χ0n) is 25.0. The first-order valence-corrected chi connectivity index (χ1v) is 14.8. The first-order valence-electron chi connectivity index (χ1n) is 14.0. The predicted octanol–water partition coefficient (Wildman–Crippen LogP) is 4.08. The molecule has 1 aromatic carbocycles. The number of hydrogen-bond donors (Lipinski definition) is 3. The molecule has 1 aromatic heterocycles. The number of nitrogens with zero attached hydrogens (tertiary/aromatic N) is 2. The van der Waals surface area contributed by atoms with Gasteiger partial charge >= 0.3 is 6.09 Å². The minimum absolute atomic E-state index is 0.000816. The number of amides is 3. The number of carbonyl (C=O) groups is 3. The summed E-state index contributed by atoms with van der Waals surface area (Å²) in [5.41, 5.74) is 0.0132. The molecular weight excluding hydrogens is 577 g/mol. The Hall–Kier alpha value is -4.00. The smallest absolute Gasteiger partial charge is 0.410 e. The fraction of sp³-hybridized carbons (Fsp3) is 0.467. The summed E-state index contributed by atoms with van der Waals surface area (Å²) in [6.45, 7) is 8.94. The van der Waals surface area contributed by atoms with Crippen LogP contribution in [0.5, 0.6) is 11.5 Å². The summed E-state index contributed by atoms with van der Waals surface area (Å²) >= 11 is 0.860. The molecule has 1 fully saturated rings. The van der Waals surface area contributed by atoms with Crippen LogP contribution in [0.4, 0.5) is 9.18 Å². The zero-order valence-corrected chi connectivity index (χ0v) is 25.9. The van der Waals surface area contributed by atoms with Crippen molar-refractivity contribution in [3.05, 3.63) is 59.3 Å². The van der Waals surface area contributed by atoms with Gasteiger partial charge in [0, 0.05) is 43.5 Å². The number of methoxy groups -OCH3 is 1. The van der Waals surface area contributed by atoms with Gasteiger partial charge in [-0.1, -0.05) is 6.07 Å². The highest BCUT2D eigenvalue weighted by atomic mass is 32.2. The number of rotatable bonds is 10. The van der Waals surface area contributed by atoms with Gasteiger partial charge in [-0.25, -0.2) is 9.18 Å². The molecule has 3 heterocycles. The van der Waals surface area contributed by atoms with Gasteiger partial charge in [-0.15, -0.1) is 0 Å². The van der Waals surface area contributed by atoms with Crippen LogP contribution in [-0.4, -0.2) is 65.7 Å². The van der Waals surface area contributed by atoms with E-state index in [0.717, 1.165) is 30.4 Å². The summed E-state index contributed by atoms with van der Waals surface area (Å²) < 4.78 is 33.6. The van der Waals surface area contributed by atoms with Crippen LogP contribution < -0.4 is 24.8 Å². The number of likely N-dealkylation sites (tertiary alicyclic amines) is 1. The predicted molar refractivity (Wildman–Crippen MR) is 159 cm³/mol. The summed E-state index contributed by atoms with van der Waals surface area (Å²) in [6, 6.07) is 6.15. The first kappa shape index (κ1) is 31.9. The van der Waals surface area contributed by atoms with E-state index in [1.807, 2.05) is 27.7 Å². The maximum atomic E-state index is 14.1. The number of nitrogens with one attached hydrogen (secondary N) is 3. The van der Waals surface area contributed by atoms with Crippen molar-refractivity contribution in [2.75, 3.05) is 26.8 Å². The molecule has 0 bridgehead atoms. The highest BCUT2D eigenvalue weighted by Crippen LogP contribution is 2.33. The van der Waals surface area contributed by atoms with Crippen molar-refractivity contribution in [1.29, 1.82) is 0 Å². The van der Waals surface area contributed by atoms with Crippen LogP contribution in [0.15, 0.2) is 52.8 Å². The van der Waals surface area contributed by atoms with Gasteiger partial charge in [-0.2, -0.15) is 0 Å². The highest BCUT2D eigenvalue weighted by molar-refractivity contribution is 7.98. The Morgan fingerprint density at radius 2 is 2.05 bits per heavy atom. The SMILES string of the molecule is COc1c(F)cccc1SNC(=O)C1=C(NCc2ccncc2OC[C@]2(C)CCCN2C(=O)OC(C)(C)C)CCNC1=O. The van der Waals surface area contributed by atoms with Crippen LogP contribution in [0.1, 0.15) is 52.5 Å². The number of hydrogen-bond acceptors (Lipinski definition) is 9. The number of halogens is 1. The van der Waals surface area contributed by atoms with Gasteiger partial charge < -0.3 is 24.8 Å². The molecule has 1 atom stereocenters. The van der Waals surface area contributed by atoms with E-state index in [-0.39, 0.29) is 30.6 Å². The Labute approximate surface area is 255 Å². The van der Waals surface area contributed by atoms with Gasteiger partial charge in [0.25, 0.3) is 11.8 Å². The van der Waals surface area contributed by atoms with Gasteiger partial charge in [0.2, 0.25) is 0 Å². The second kappa shape index (κ2) is 13.5. The maximum Gasteiger partial charge on any atom is 0.410 e. The van der Waals surface area contributed by atoms with Crippen LogP contribution >= 0.6 is 11.9 Å². The molecule has 3 amide bonds. The molecule has 2 aliphatic heterocycles. The lowest BCUT2D eigenvalue weighted by molar-refractivity contribution is -0.123. The monoisotopic (exact) mass is 615 g/mol. The number of ether oxygens (including phenoxy) is 3. The van der Waals surface area contributed by atoms with Crippen molar-refractivity contribution in [1.82, 2.24) is 25.2 Å². The van der Waals surface area contributed by atoms with E-state index < -0.39 is 28.8 Å². The minimum Gasteiger partial charge on any atom is -0.492 e. The van der Waals surface area contributed by atoms with Crippen LogP contribution in [-0.2, 0) is 20.9 Å². The van der Waals surface area contributed by atoms with Crippen LogP contribution in [0, 0.1) is 5.82 Å². The van der Waals surface area contributed by atoms with Gasteiger partial charge in [0.15, 0.2) is 11.6 Å². The fourth-order valence-electron chi connectivity index (χ4n) is 4.91. The summed E-state index contributed by atoms with van der Waals surface area (Å²) in [7, 11) is 1.34. The topological polar surface area (TPSA) is 131 Å². The number of benzene rings is 1. The average molecular weight is 616 g/mol. The van der Waals surface area contributed by atoms with Crippen LogP contribution in [0.2, 0.25) is 0 Å². The van der Waals surface area contributed by atoms with E-state index in [2.05, 4.69) is 20.3 Å². The summed E-state index contributed by atoms with van der Waals surface area (Å²) in [5, 5.41) is 5.93. The number of pyridine rings is 1. The molecule has 4 rings (SSSR count). The lowest BCUT2D eigenvalue weighted by Gasteiger charge is -2.36. The second-order valence-electron chi connectivity index (χ2n) is 11.5. The molecule has 0 radical (unpaired) electrons. The van der Waals surface area contributed by atoms with Crippen molar-refractivity contribution in [2.24, 2.45) is 0 Å². The minimum atomic E-state index is -0.626. The second-order valence-corrected chi connectivity index (χ2v) is 12.4. The van der Waals surface area contributed by atoms with E-state index in [4.69, 9.17) is 14.2 Å². The maximum absolute atomic E-state index is 14.1. The van der Waals surface area contributed by atoms with E-state index >= 15 is 0 Å². The molecule has 2 aromatic rings. The standard InChI is InChI=1S/C30H38FN5O6S/c1-29(2,3)42-28(39)36-15-7-12-30(36,4)18-41-22-17-32-13-10-19(22)16-34-21-11-14-33-26(37)24(21)27(38)35-43-23-9-6-8-20(31)25(23)40-5/h6,8-10,13,17,34H,7,11-12,14-16,18H2,1-5H3,(H,33,37)(H,35,38)/t30-/m0/s1. The zero-order chi connectivity index (χ0) is 31.2. The Kier molecular flexibility index (Phi) is 10.0. The van der Waals surface area contributed by atoms with E-state index in [0.29, 0.717) is 35.9 Å². The third-order valence-electron chi connectivity index (χ3n) is 7.07. The van der Waals surface area contributed by atoms with Crippen molar-refractivity contribution in [2.45, 2.75) is 69.5 Å². The lowest BCUT2D eigenvalue weighted by atomic mass is 10.0. The largest absolute Gasteiger partial charge is 0.492 e. The molecule has 11 nitrogen and oxygen atoms in total. The summed E-state index contributed by atoms with van der Waals surface area (Å²) in [5.74, 6) is -1.18. The molecule has 1 saturated heterocycles. The van der Waals surface area contributed by atoms with Gasteiger partial charge in [-0.05, 0) is 70.7 Å². The molecule has 3 N–H and O–H groups in total. The molecule has 0 aliphatic carbocycles. The average Bonchev–Trinajstić information content (AvgIpc) is 3.35. The highest BCUT2D eigenvalue weighted by Gasteiger charge is 2.42. The Balaban J connectivity index is 1.44. The van der Waals surface area contributed by atoms with E-state index in [9.17, 15) is 18.8 Å². The van der Waals surface area contributed by atoms with Crippen LogP contribution in [0.25, 0.3) is 0 Å². The van der Waals surface area contributed by atoms with Crippen molar-refractivity contribution < 1.29 is 33.0 Å². The molecule has 0 unspecified atom stereocenters. The van der Waals surface area contributed by atoms with E-state index in [1.54, 1.807) is 29.4 Å². The number of para-hydroxylation sites is 1. The molecule has 43 heavy (non-hydrogen) atoms. The normalized spacial score (nSPS) is 18.7. The quantitative estimate of drug-likeness (QED) is 0.267. The van der Waals surface area contributed by atoms with Gasteiger partial charge in [0.1, 0.15) is 23.5 Å². The van der Waals surface area contributed by atoms with Crippen molar-refractivity contribution >= 4 is 29.9 Å². The molecule has 0 saturated carbocycles. The van der Waals surface area contributed by atoms with Crippen LogP contribution in [0.3, 0.4) is 0 Å². The molecular formula is C30H38FN5O6S. The van der Waals surface area contributed by atoms with E-state index in [1.165, 1.54) is 19.2 Å². The molecule has 2 aliphatic rings. The summed E-state index contributed by atoms with van der Waals surface area (Å²) in [6.07, 6.45) is 4.88. The Bertz CT molecular complexity index is 1400. The fourth-order valence-corrected chi connectivity index (χ4v) is 5.63. The lowest BCUT2D eigenvalue weighted by Crippen LogP contribution is -2.50. The third kappa shape index (κ3) is 7.89.